The van der Waals surface area contributed by atoms with Gasteiger partial charge < -0.3 is 9.80 Å². The fourth-order valence-corrected chi connectivity index (χ4v) is 4.74. The highest BCUT2D eigenvalue weighted by molar-refractivity contribution is 7.08. The number of hydrogen-bond acceptors (Lipinski definition) is 3. The van der Waals surface area contributed by atoms with Gasteiger partial charge in [-0.3, -0.25) is 9.59 Å². The molecular formula is C18H24N2O2S. The van der Waals surface area contributed by atoms with E-state index in [9.17, 15) is 9.59 Å². The topological polar surface area (TPSA) is 40.6 Å². The van der Waals surface area contributed by atoms with Crippen LogP contribution in [0.4, 0.5) is 0 Å². The number of likely N-dealkylation sites (tertiary alicyclic amines) is 2. The second kappa shape index (κ2) is 5.93. The smallest absolute Gasteiger partial charge is 0.254 e. The number of carbonyl (C=O) groups excluding carboxylic acids is 2. The summed E-state index contributed by atoms with van der Waals surface area (Å²) in [6.45, 7) is 3.35. The number of carbonyl (C=O) groups is 2. The first kappa shape index (κ1) is 15.2. The van der Waals surface area contributed by atoms with Crippen LogP contribution in [0, 0.1) is 11.3 Å². The van der Waals surface area contributed by atoms with Gasteiger partial charge in [0, 0.05) is 31.6 Å². The van der Waals surface area contributed by atoms with Crippen molar-refractivity contribution in [3.63, 3.8) is 0 Å². The highest BCUT2D eigenvalue weighted by Crippen LogP contribution is 2.42. The molecule has 23 heavy (non-hydrogen) atoms. The molecule has 1 saturated carbocycles. The Morgan fingerprint density at radius 3 is 2.65 bits per heavy atom. The summed E-state index contributed by atoms with van der Waals surface area (Å²) in [6.07, 6.45) is 6.38. The molecule has 4 rings (SSSR count). The molecule has 0 unspecified atom stereocenters. The molecule has 1 spiro atoms. The first-order valence-electron chi connectivity index (χ1n) is 8.79. The first-order chi connectivity index (χ1) is 11.2. The van der Waals surface area contributed by atoms with Crippen LogP contribution in [0.2, 0.25) is 0 Å². The molecule has 0 atom stereocenters. The van der Waals surface area contributed by atoms with Gasteiger partial charge in [0.25, 0.3) is 5.91 Å². The molecule has 2 amide bonds. The minimum Gasteiger partial charge on any atom is -0.342 e. The van der Waals surface area contributed by atoms with Gasteiger partial charge in [0.2, 0.25) is 5.91 Å². The first-order valence-corrected chi connectivity index (χ1v) is 9.73. The van der Waals surface area contributed by atoms with E-state index in [0.717, 1.165) is 63.3 Å². The number of amides is 2. The standard InChI is InChI=1S/C18H24N2O2S/c21-16(15-4-11-23-13-15)19-9-6-18(7-10-19)5-1-8-20(17(18)22)12-14-2-3-14/h4,11,13-14H,1-3,5-10,12H2. The van der Waals surface area contributed by atoms with Crippen LogP contribution < -0.4 is 0 Å². The van der Waals surface area contributed by atoms with Crippen LogP contribution in [0.1, 0.15) is 48.9 Å². The predicted molar refractivity (Wildman–Crippen MR) is 90.4 cm³/mol. The van der Waals surface area contributed by atoms with Gasteiger partial charge >= 0.3 is 0 Å². The number of hydrogen-bond donors (Lipinski definition) is 0. The van der Waals surface area contributed by atoms with Crippen LogP contribution in [-0.4, -0.2) is 47.8 Å². The molecule has 5 heteroatoms. The molecule has 124 valence electrons. The second-order valence-corrected chi connectivity index (χ2v) is 8.16. The average Bonchev–Trinajstić information content (AvgIpc) is 3.22. The van der Waals surface area contributed by atoms with Crippen molar-refractivity contribution in [1.82, 2.24) is 9.80 Å². The summed E-state index contributed by atoms with van der Waals surface area (Å²) in [5.41, 5.74) is 0.606. The van der Waals surface area contributed by atoms with Crippen LogP contribution in [0.3, 0.4) is 0 Å². The average molecular weight is 332 g/mol. The maximum Gasteiger partial charge on any atom is 0.254 e. The van der Waals surface area contributed by atoms with Crippen LogP contribution in [0.15, 0.2) is 16.8 Å². The van der Waals surface area contributed by atoms with E-state index in [-0.39, 0.29) is 11.3 Å². The van der Waals surface area contributed by atoms with Gasteiger partial charge in [-0.1, -0.05) is 0 Å². The molecule has 1 aromatic heterocycles. The maximum atomic E-state index is 13.0. The minimum absolute atomic E-state index is 0.124. The molecular weight excluding hydrogens is 308 g/mol. The zero-order valence-electron chi connectivity index (χ0n) is 13.5. The lowest BCUT2D eigenvalue weighted by molar-refractivity contribution is -0.149. The number of nitrogens with zero attached hydrogens (tertiary/aromatic N) is 2. The van der Waals surface area contributed by atoms with E-state index < -0.39 is 0 Å². The molecule has 3 aliphatic rings. The fraction of sp³-hybridized carbons (Fsp3) is 0.667. The second-order valence-electron chi connectivity index (χ2n) is 7.38. The molecule has 1 aromatic rings. The molecule has 0 N–H and O–H groups in total. The van der Waals surface area contributed by atoms with E-state index in [1.54, 1.807) is 11.3 Å². The van der Waals surface area contributed by atoms with Gasteiger partial charge in [0.15, 0.2) is 0 Å². The third-order valence-corrected chi connectivity index (χ3v) is 6.46. The van der Waals surface area contributed by atoms with Gasteiger partial charge in [-0.25, -0.2) is 0 Å². The molecule has 4 nitrogen and oxygen atoms in total. The van der Waals surface area contributed by atoms with E-state index in [2.05, 4.69) is 4.90 Å². The molecule has 1 aliphatic carbocycles. The minimum atomic E-state index is -0.182. The van der Waals surface area contributed by atoms with Crippen molar-refractivity contribution < 1.29 is 9.59 Å². The highest BCUT2D eigenvalue weighted by Gasteiger charge is 2.47. The van der Waals surface area contributed by atoms with Gasteiger partial charge in [0.05, 0.1) is 11.0 Å². The van der Waals surface area contributed by atoms with Crippen LogP contribution in [-0.2, 0) is 4.79 Å². The zero-order chi connectivity index (χ0) is 15.9. The lowest BCUT2D eigenvalue weighted by atomic mass is 9.71. The molecule has 2 aliphatic heterocycles. The number of thiophene rings is 1. The Balaban J connectivity index is 1.41. The summed E-state index contributed by atoms with van der Waals surface area (Å²) in [7, 11) is 0. The Hall–Kier alpha value is -1.36. The summed E-state index contributed by atoms with van der Waals surface area (Å²) in [5, 5.41) is 3.86. The van der Waals surface area contributed by atoms with Gasteiger partial charge in [-0.15, -0.1) is 0 Å². The Morgan fingerprint density at radius 1 is 1.22 bits per heavy atom. The van der Waals surface area contributed by atoms with Crippen molar-refractivity contribution in [2.24, 2.45) is 11.3 Å². The zero-order valence-corrected chi connectivity index (χ0v) is 14.3. The SMILES string of the molecule is O=C(c1ccsc1)N1CCC2(CCCN(CC3CC3)C2=O)CC1. The van der Waals surface area contributed by atoms with Crippen molar-refractivity contribution in [3.8, 4) is 0 Å². The van der Waals surface area contributed by atoms with Crippen molar-refractivity contribution in [3.05, 3.63) is 22.4 Å². The molecule has 0 radical (unpaired) electrons. The van der Waals surface area contributed by atoms with Crippen LogP contribution >= 0.6 is 11.3 Å². The summed E-state index contributed by atoms with van der Waals surface area (Å²) >= 11 is 1.56. The van der Waals surface area contributed by atoms with E-state index >= 15 is 0 Å². The van der Waals surface area contributed by atoms with Gasteiger partial charge in [-0.05, 0) is 55.9 Å². The quantitative estimate of drug-likeness (QED) is 0.854. The Bertz CT molecular complexity index is 586. The maximum absolute atomic E-state index is 13.0. The van der Waals surface area contributed by atoms with Crippen LogP contribution in [0.5, 0.6) is 0 Å². The summed E-state index contributed by atoms with van der Waals surface area (Å²) in [5.74, 6) is 1.26. The predicted octanol–water partition coefficient (Wildman–Crippen LogP) is 3.00. The normalized spacial score (nSPS) is 24.3. The highest BCUT2D eigenvalue weighted by atomic mass is 32.1. The summed E-state index contributed by atoms with van der Waals surface area (Å²) in [6, 6.07) is 1.89. The van der Waals surface area contributed by atoms with E-state index in [0.29, 0.717) is 5.91 Å². The molecule has 0 bridgehead atoms. The van der Waals surface area contributed by atoms with Crippen molar-refractivity contribution in [1.29, 1.82) is 0 Å². The lowest BCUT2D eigenvalue weighted by Crippen LogP contribution is -2.54. The molecule has 3 heterocycles. The Kier molecular flexibility index (Phi) is 3.92. The fourth-order valence-electron chi connectivity index (χ4n) is 4.11. The number of rotatable bonds is 3. The van der Waals surface area contributed by atoms with Crippen molar-refractivity contribution in [2.75, 3.05) is 26.2 Å². The Morgan fingerprint density at radius 2 is 2.00 bits per heavy atom. The Labute approximate surface area is 141 Å². The van der Waals surface area contributed by atoms with E-state index in [1.165, 1.54) is 12.8 Å². The monoisotopic (exact) mass is 332 g/mol. The summed E-state index contributed by atoms with van der Waals surface area (Å²) < 4.78 is 0. The van der Waals surface area contributed by atoms with Crippen molar-refractivity contribution in [2.45, 2.75) is 38.5 Å². The third-order valence-electron chi connectivity index (χ3n) is 5.78. The van der Waals surface area contributed by atoms with E-state index in [4.69, 9.17) is 0 Å². The largest absolute Gasteiger partial charge is 0.342 e. The van der Waals surface area contributed by atoms with Gasteiger partial charge in [-0.2, -0.15) is 11.3 Å². The number of piperidine rings is 2. The summed E-state index contributed by atoms with van der Waals surface area (Å²) in [4.78, 5) is 29.5. The third kappa shape index (κ3) is 2.91. The van der Waals surface area contributed by atoms with Gasteiger partial charge in [0.1, 0.15) is 0 Å². The van der Waals surface area contributed by atoms with Crippen molar-refractivity contribution >= 4 is 23.2 Å². The van der Waals surface area contributed by atoms with Crippen LogP contribution in [0.25, 0.3) is 0 Å². The molecule has 3 fully saturated rings. The molecule has 2 saturated heterocycles. The van der Waals surface area contributed by atoms with E-state index in [1.807, 2.05) is 21.7 Å². The lowest BCUT2D eigenvalue weighted by Gasteiger charge is -2.46. The molecule has 0 aromatic carbocycles.